The SMILES string of the molecule is Cc1cccc(Cl)c1NC(=O)N(C)CCCn1ccnc1C. The molecule has 0 saturated carbocycles. The largest absolute Gasteiger partial charge is 0.335 e. The number of imidazole rings is 1. The minimum Gasteiger partial charge on any atom is -0.335 e. The first-order chi connectivity index (χ1) is 10.5. The number of carbonyl (C=O) groups excluding carboxylic acids is 1. The molecule has 1 aromatic heterocycles. The molecule has 22 heavy (non-hydrogen) atoms. The number of halogens is 1. The Morgan fingerprint density at radius 3 is 2.82 bits per heavy atom. The van der Waals surface area contributed by atoms with Gasteiger partial charge in [-0.2, -0.15) is 0 Å². The second-order valence-corrected chi connectivity index (χ2v) is 5.71. The number of urea groups is 1. The van der Waals surface area contributed by atoms with E-state index in [9.17, 15) is 4.79 Å². The number of carbonyl (C=O) groups is 1. The quantitative estimate of drug-likeness (QED) is 0.913. The number of benzene rings is 1. The number of rotatable bonds is 5. The first kappa shape index (κ1) is 16.4. The summed E-state index contributed by atoms with van der Waals surface area (Å²) in [5.74, 6) is 0.985. The molecule has 0 unspecified atom stereocenters. The first-order valence-corrected chi connectivity index (χ1v) is 7.62. The molecule has 0 aliphatic carbocycles. The lowest BCUT2D eigenvalue weighted by molar-refractivity contribution is 0.221. The summed E-state index contributed by atoms with van der Waals surface area (Å²) in [4.78, 5) is 18.1. The highest BCUT2D eigenvalue weighted by atomic mass is 35.5. The molecule has 0 saturated heterocycles. The summed E-state index contributed by atoms with van der Waals surface area (Å²) in [6, 6.07) is 5.40. The molecule has 1 heterocycles. The minimum absolute atomic E-state index is 0.154. The topological polar surface area (TPSA) is 50.2 Å². The highest BCUT2D eigenvalue weighted by Crippen LogP contribution is 2.25. The summed E-state index contributed by atoms with van der Waals surface area (Å²) in [6.45, 7) is 5.39. The molecule has 2 amide bonds. The summed E-state index contributed by atoms with van der Waals surface area (Å²) >= 11 is 6.12. The molecule has 118 valence electrons. The van der Waals surface area contributed by atoms with Gasteiger partial charge in [0.15, 0.2) is 0 Å². The number of nitrogens with zero attached hydrogens (tertiary/aromatic N) is 3. The van der Waals surface area contributed by atoms with Crippen molar-refractivity contribution in [3.63, 3.8) is 0 Å². The molecule has 5 nitrogen and oxygen atoms in total. The lowest BCUT2D eigenvalue weighted by Gasteiger charge is -2.19. The van der Waals surface area contributed by atoms with Gasteiger partial charge in [-0.25, -0.2) is 9.78 Å². The van der Waals surface area contributed by atoms with Crippen LogP contribution in [0.2, 0.25) is 5.02 Å². The molecular formula is C16H21ClN4O. The van der Waals surface area contributed by atoms with E-state index in [1.54, 1.807) is 24.2 Å². The van der Waals surface area contributed by atoms with Crippen molar-refractivity contribution in [3.8, 4) is 0 Å². The van der Waals surface area contributed by atoms with Crippen molar-refractivity contribution in [1.29, 1.82) is 0 Å². The number of anilines is 1. The van der Waals surface area contributed by atoms with Crippen molar-refractivity contribution in [1.82, 2.24) is 14.5 Å². The fourth-order valence-electron chi connectivity index (χ4n) is 2.21. The molecule has 0 radical (unpaired) electrons. The van der Waals surface area contributed by atoms with Crippen LogP contribution in [0, 0.1) is 13.8 Å². The van der Waals surface area contributed by atoms with E-state index < -0.39 is 0 Å². The van der Waals surface area contributed by atoms with Gasteiger partial charge in [-0.15, -0.1) is 0 Å². The van der Waals surface area contributed by atoms with Gasteiger partial charge in [-0.3, -0.25) is 0 Å². The molecule has 0 aliphatic rings. The fraction of sp³-hybridized carbons (Fsp3) is 0.375. The molecule has 0 spiro atoms. The normalized spacial score (nSPS) is 10.5. The molecule has 0 aliphatic heterocycles. The lowest BCUT2D eigenvalue weighted by atomic mass is 10.2. The van der Waals surface area contributed by atoms with Gasteiger partial charge < -0.3 is 14.8 Å². The van der Waals surface area contributed by atoms with Gasteiger partial charge in [-0.05, 0) is 31.9 Å². The average Bonchev–Trinajstić information content (AvgIpc) is 2.88. The molecule has 1 aromatic carbocycles. The Kier molecular flexibility index (Phi) is 5.44. The van der Waals surface area contributed by atoms with Crippen LogP contribution in [0.25, 0.3) is 0 Å². The van der Waals surface area contributed by atoms with Crippen LogP contribution in [-0.4, -0.2) is 34.1 Å². The van der Waals surface area contributed by atoms with E-state index >= 15 is 0 Å². The monoisotopic (exact) mass is 320 g/mol. The molecule has 0 bridgehead atoms. The molecule has 2 aromatic rings. The van der Waals surface area contributed by atoms with Crippen molar-refractivity contribution >= 4 is 23.3 Å². The number of hydrogen-bond acceptors (Lipinski definition) is 2. The minimum atomic E-state index is -0.154. The number of aryl methyl sites for hydroxylation is 3. The summed E-state index contributed by atoms with van der Waals surface area (Å²) in [7, 11) is 1.78. The summed E-state index contributed by atoms with van der Waals surface area (Å²) in [5, 5.41) is 3.42. The van der Waals surface area contributed by atoms with Gasteiger partial charge in [0.1, 0.15) is 5.82 Å². The van der Waals surface area contributed by atoms with Gasteiger partial charge in [0.05, 0.1) is 10.7 Å². The lowest BCUT2D eigenvalue weighted by Crippen LogP contribution is -2.32. The Balaban J connectivity index is 1.86. The molecule has 2 rings (SSSR count). The molecule has 6 heteroatoms. The van der Waals surface area contributed by atoms with Gasteiger partial charge in [0.25, 0.3) is 0 Å². The van der Waals surface area contributed by atoms with Crippen LogP contribution in [0.5, 0.6) is 0 Å². The summed E-state index contributed by atoms with van der Waals surface area (Å²) in [6.07, 6.45) is 4.59. The third-order valence-corrected chi connectivity index (χ3v) is 3.93. The van der Waals surface area contributed by atoms with Crippen molar-refractivity contribution in [2.24, 2.45) is 0 Å². The third kappa shape index (κ3) is 4.01. The Morgan fingerprint density at radius 1 is 1.41 bits per heavy atom. The molecule has 0 atom stereocenters. The number of aromatic nitrogens is 2. The zero-order valence-electron chi connectivity index (χ0n) is 13.1. The Hall–Kier alpha value is -2.01. The van der Waals surface area contributed by atoms with Crippen molar-refractivity contribution in [2.75, 3.05) is 18.9 Å². The predicted octanol–water partition coefficient (Wildman–Crippen LogP) is 3.71. The van der Waals surface area contributed by atoms with Crippen LogP contribution in [0.15, 0.2) is 30.6 Å². The second kappa shape index (κ2) is 7.31. The van der Waals surface area contributed by atoms with Crippen LogP contribution in [-0.2, 0) is 6.54 Å². The smallest absolute Gasteiger partial charge is 0.321 e. The maximum absolute atomic E-state index is 12.2. The molecule has 1 N–H and O–H groups in total. The zero-order valence-corrected chi connectivity index (χ0v) is 13.9. The highest BCUT2D eigenvalue weighted by molar-refractivity contribution is 6.33. The number of amides is 2. The van der Waals surface area contributed by atoms with E-state index in [4.69, 9.17) is 11.6 Å². The van der Waals surface area contributed by atoms with E-state index in [0.29, 0.717) is 17.3 Å². The fourth-order valence-corrected chi connectivity index (χ4v) is 2.48. The van der Waals surface area contributed by atoms with Gasteiger partial charge in [0.2, 0.25) is 0 Å². The second-order valence-electron chi connectivity index (χ2n) is 5.30. The van der Waals surface area contributed by atoms with Gasteiger partial charge in [0, 0.05) is 32.5 Å². The maximum Gasteiger partial charge on any atom is 0.321 e. The van der Waals surface area contributed by atoms with E-state index in [2.05, 4.69) is 14.9 Å². The van der Waals surface area contributed by atoms with Crippen molar-refractivity contribution in [3.05, 3.63) is 47.0 Å². The van der Waals surface area contributed by atoms with Crippen LogP contribution < -0.4 is 5.32 Å². The standard InChI is InChI=1S/C16H21ClN4O/c1-12-6-4-7-14(17)15(12)19-16(22)20(3)9-5-10-21-11-8-18-13(21)2/h4,6-8,11H,5,9-10H2,1-3H3,(H,19,22). The Bertz CT molecular complexity index is 633. The van der Waals surface area contributed by atoms with E-state index in [1.807, 2.05) is 32.2 Å². The maximum atomic E-state index is 12.2. The third-order valence-electron chi connectivity index (χ3n) is 3.62. The highest BCUT2D eigenvalue weighted by Gasteiger charge is 2.12. The van der Waals surface area contributed by atoms with Crippen LogP contribution >= 0.6 is 11.6 Å². The number of para-hydroxylation sites is 1. The van der Waals surface area contributed by atoms with Crippen LogP contribution in [0.3, 0.4) is 0 Å². The summed E-state index contributed by atoms with van der Waals surface area (Å²) in [5.41, 5.74) is 1.62. The Morgan fingerprint density at radius 2 is 2.18 bits per heavy atom. The van der Waals surface area contributed by atoms with Crippen LogP contribution in [0.4, 0.5) is 10.5 Å². The van der Waals surface area contributed by atoms with E-state index in [0.717, 1.165) is 24.4 Å². The zero-order chi connectivity index (χ0) is 16.1. The first-order valence-electron chi connectivity index (χ1n) is 7.24. The number of nitrogens with one attached hydrogen (secondary N) is 1. The van der Waals surface area contributed by atoms with Crippen molar-refractivity contribution < 1.29 is 4.79 Å². The Labute approximate surface area is 135 Å². The summed E-state index contributed by atoms with van der Waals surface area (Å²) < 4.78 is 2.07. The van der Waals surface area contributed by atoms with Gasteiger partial charge >= 0.3 is 6.03 Å². The average molecular weight is 321 g/mol. The molecule has 0 fully saturated rings. The predicted molar refractivity (Wildman–Crippen MR) is 89.4 cm³/mol. The van der Waals surface area contributed by atoms with Gasteiger partial charge in [-0.1, -0.05) is 23.7 Å². The van der Waals surface area contributed by atoms with E-state index in [-0.39, 0.29) is 6.03 Å². The van der Waals surface area contributed by atoms with E-state index in [1.165, 1.54) is 0 Å². The molecular weight excluding hydrogens is 300 g/mol. The van der Waals surface area contributed by atoms with Crippen LogP contribution in [0.1, 0.15) is 17.8 Å². The number of hydrogen-bond donors (Lipinski definition) is 1. The van der Waals surface area contributed by atoms with Crippen molar-refractivity contribution in [2.45, 2.75) is 26.8 Å².